The molecule has 1 heterocycles. The Bertz CT molecular complexity index is 720. The van der Waals surface area contributed by atoms with E-state index in [1.54, 1.807) is 6.92 Å². The Balaban J connectivity index is 1.79. The number of carbonyl (C=O) groups excluding carboxylic acids is 2. The Morgan fingerprint density at radius 2 is 0.844 bits per heavy atom. The van der Waals surface area contributed by atoms with Gasteiger partial charge in [-0.25, -0.2) is 0 Å². The van der Waals surface area contributed by atoms with Crippen molar-refractivity contribution in [3.63, 3.8) is 0 Å². The van der Waals surface area contributed by atoms with E-state index in [0.29, 0.717) is 12.8 Å². The number of esters is 2. The zero-order valence-corrected chi connectivity index (χ0v) is 30.2. The summed E-state index contributed by atoms with van der Waals surface area (Å²) >= 11 is 0. The predicted molar refractivity (Wildman–Crippen MR) is 189 cm³/mol. The van der Waals surface area contributed by atoms with Gasteiger partial charge in [0.15, 0.2) is 5.66 Å². The first kappa shape index (κ1) is 41.6. The average molecular weight is 635 g/mol. The molecular formula is C39H74N2O4. The molecule has 0 radical (unpaired) electrons. The van der Waals surface area contributed by atoms with Crippen molar-refractivity contribution in [1.82, 2.24) is 0 Å². The second-order valence-electron chi connectivity index (χ2n) is 14.0. The summed E-state index contributed by atoms with van der Waals surface area (Å²) in [7, 11) is 0. The van der Waals surface area contributed by atoms with Crippen LogP contribution in [0.25, 0.3) is 0 Å². The summed E-state index contributed by atoms with van der Waals surface area (Å²) in [4.78, 5) is 24.2. The minimum atomic E-state index is -0.377. The van der Waals surface area contributed by atoms with Gasteiger partial charge in [0.25, 0.3) is 0 Å². The van der Waals surface area contributed by atoms with E-state index in [1.807, 2.05) is 0 Å². The van der Waals surface area contributed by atoms with Crippen LogP contribution in [0.1, 0.15) is 220 Å². The van der Waals surface area contributed by atoms with Crippen LogP contribution >= 0.6 is 0 Å². The molecule has 0 aromatic carbocycles. The quantitative estimate of drug-likeness (QED) is 0.0513. The van der Waals surface area contributed by atoms with E-state index in [-0.39, 0.29) is 30.3 Å². The molecule has 0 aromatic heterocycles. The largest absolute Gasteiger partial charge is 0.462 e. The van der Waals surface area contributed by atoms with Gasteiger partial charge in [-0.2, -0.15) is 10.2 Å². The topological polar surface area (TPSA) is 77.3 Å². The average Bonchev–Trinajstić information content (AvgIpc) is 3.81. The number of nitrogens with zero attached hydrogens (tertiary/aromatic N) is 2. The fourth-order valence-corrected chi connectivity index (χ4v) is 6.19. The molecule has 1 aliphatic rings. The van der Waals surface area contributed by atoms with Gasteiger partial charge in [-0.3, -0.25) is 9.59 Å². The fraction of sp³-hybridized carbons (Fsp3) is 0.949. The third-order valence-electron chi connectivity index (χ3n) is 9.32. The molecule has 45 heavy (non-hydrogen) atoms. The molecule has 1 rings (SSSR count). The summed E-state index contributed by atoms with van der Waals surface area (Å²) in [5, 5.41) is 8.60. The number of unbranched alkanes of at least 4 members (excludes halogenated alkanes) is 24. The highest BCUT2D eigenvalue weighted by molar-refractivity contribution is 5.70. The molecule has 0 amide bonds. The van der Waals surface area contributed by atoms with E-state index < -0.39 is 0 Å². The van der Waals surface area contributed by atoms with Crippen molar-refractivity contribution in [2.45, 2.75) is 232 Å². The van der Waals surface area contributed by atoms with Gasteiger partial charge in [0.2, 0.25) is 0 Å². The van der Waals surface area contributed by atoms with E-state index in [1.165, 1.54) is 148 Å². The van der Waals surface area contributed by atoms with E-state index in [2.05, 4.69) is 24.1 Å². The molecule has 6 nitrogen and oxygen atoms in total. The number of carbonyl (C=O) groups is 2. The van der Waals surface area contributed by atoms with Crippen molar-refractivity contribution in [3.8, 4) is 0 Å². The maximum absolute atomic E-state index is 12.1. The lowest BCUT2D eigenvalue weighted by Crippen LogP contribution is -2.22. The number of hydrogen-bond acceptors (Lipinski definition) is 6. The van der Waals surface area contributed by atoms with Gasteiger partial charge in [0.05, 0.1) is 0 Å². The molecule has 1 unspecified atom stereocenters. The van der Waals surface area contributed by atoms with Crippen molar-refractivity contribution in [2.24, 2.45) is 10.2 Å². The van der Waals surface area contributed by atoms with Crippen molar-refractivity contribution >= 4 is 11.9 Å². The molecule has 1 atom stereocenters. The Morgan fingerprint density at radius 1 is 0.489 bits per heavy atom. The van der Waals surface area contributed by atoms with Crippen LogP contribution in [0.4, 0.5) is 0 Å². The van der Waals surface area contributed by atoms with Gasteiger partial charge in [-0.05, 0) is 45.4 Å². The molecule has 0 aliphatic carbocycles. The van der Waals surface area contributed by atoms with E-state index in [9.17, 15) is 9.59 Å². The second-order valence-corrected chi connectivity index (χ2v) is 14.0. The zero-order chi connectivity index (χ0) is 32.7. The summed E-state index contributed by atoms with van der Waals surface area (Å²) in [5.74, 6) is -0.349. The Hall–Kier alpha value is -1.46. The third kappa shape index (κ3) is 27.4. The fourth-order valence-electron chi connectivity index (χ4n) is 6.19. The van der Waals surface area contributed by atoms with Gasteiger partial charge in [-0.15, -0.1) is 0 Å². The molecule has 0 saturated heterocycles. The van der Waals surface area contributed by atoms with Crippen LogP contribution in [0, 0.1) is 0 Å². The molecule has 1 aliphatic heterocycles. The van der Waals surface area contributed by atoms with Gasteiger partial charge in [0, 0.05) is 12.8 Å². The summed E-state index contributed by atoms with van der Waals surface area (Å²) in [6.45, 7) is 6.47. The van der Waals surface area contributed by atoms with Crippen molar-refractivity contribution in [2.75, 3.05) is 6.61 Å². The standard InChI is InChI=1S/C39H74N2O4/c1-4-6-8-9-10-11-12-13-14-15-16-19-22-25-28-31-37(42)44-35-36(3)45-38(43)32-29-26-23-20-17-18-21-24-27-30-34-39(40-41-39)33-7-5-2/h36H,4-35H2,1-3H3. The first-order chi connectivity index (χ1) is 22.0. The van der Waals surface area contributed by atoms with Crippen molar-refractivity contribution < 1.29 is 19.1 Å². The van der Waals surface area contributed by atoms with Crippen LogP contribution in [0.15, 0.2) is 10.2 Å². The van der Waals surface area contributed by atoms with Crippen molar-refractivity contribution in [1.29, 1.82) is 0 Å². The Morgan fingerprint density at radius 3 is 1.27 bits per heavy atom. The lowest BCUT2D eigenvalue weighted by atomic mass is 9.98. The van der Waals surface area contributed by atoms with Crippen molar-refractivity contribution in [3.05, 3.63) is 0 Å². The van der Waals surface area contributed by atoms with Crippen LogP contribution in [-0.2, 0) is 19.1 Å². The normalized spacial score (nSPS) is 14.0. The SMILES string of the molecule is CCCCCCCCCCCCCCCCCC(=O)OCC(C)OC(=O)CCCCCCCCCCCCC1(CCCC)N=N1. The highest BCUT2D eigenvalue weighted by Crippen LogP contribution is 2.38. The smallest absolute Gasteiger partial charge is 0.306 e. The maximum atomic E-state index is 12.1. The number of rotatable bonds is 35. The van der Waals surface area contributed by atoms with Gasteiger partial charge < -0.3 is 9.47 Å². The number of hydrogen-bond donors (Lipinski definition) is 0. The van der Waals surface area contributed by atoms with Crippen LogP contribution in [0.2, 0.25) is 0 Å². The molecule has 0 aromatic rings. The number of ether oxygens (including phenoxy) is 2. The van der Waals surface area contributed by atoms with Gasteiger partial charge in [0.1, 0.15) is 12.7 Å². The lowest BCUT2D eigenvalue weighted by molar-refractivity contribution is -0.158. The predicted octanol–water partition coefficient (Wildman–Crippen LogP) is 12.8. The zero-order valence-electron chi connectivity index (χ0n) is 30.2. The molecule has 0 saturated carbocycles. The first-order valence-corrected chi connectivity index (χ1v) is 19.8. The molecular weight excluding hydrogens is 560 g/mol. The first-order valence-electron chi connectivity index (χ1n) is 19.8. The summed E-state index contributed by atoms with van der Waals surface area (Å²) in [6.07, 6.45) is 37.2. The van der Waals surface area contributed by atoms with E-state index in [0.717, 1.165) is 38.5 Å². The summed E-state index contributed by atoms with van der Waals surface area (Å²) in [5.41, 5.74) is 0.0261. The Kier molecular flexibility index (Phi) is 27.6. The third-order valence-corrected chi connectivity index (χ3v) is 9.32. The molecule has 0 N–H and O–H groups in total. The second kappa shape index (κ2) is 29.9. The molecule has 0 fully saturated rings. The van der Waals surface area contributed by atoms with E-state index in [4.69, 9.17) is 9.47 Å². The highest BCUT2D eigenvalue weighted by Gasteiger charge is 2.37. The highest BCUT2D eigenvalue weighted by atomic mass is 16.6. The molecule has 6 heteroatoms. The van der Waals surface area contributed by atoms with Crippen LogP contribution in [-0.4, -0.2) is 30.3 Å². The van der Waals surface area contributed by atoms with Crippen LogP contribution in [0.3, 0.4) is 0 Å². The monoisotopic (exact) mass is 635 g/mol. The lowest BCUT2D eigenvalue weighted by Gasteiger charge is -2.13. The minimum Gasteiger partial charge on any atom is -0.462 e. The molecule has 0 bridgehead atoms. The van der Waals surface area contributed by atoms with E-state index >= 15 is 0 Å². The van der Waals surface area contributed by atoms with Crippen LogP contribution < -0.4 is 0 Å². The minimum absolute atomic E-state index is 0.0261. The Labute approximate surface area is 279 Å². The molecule has 0 spiro atoms. The van der Waals surface area contributed by atoms with Gasteiger partial charge >= 0.3 is 11.9 Å². The summed E-state index contributed by atoms with van der Waals surface area (Å²) in [6, 6.07) is 0. The van der Waals surface area contributed by atoms with Crippen LogP contribution in [0.5, 0.6) is 0 Å². The molecule has 264 valence electrons. The summed E-state index contributed by atoms with van der Waals surface area (Å²) < 4.78 is 10.8. The maximum Gasteiger partial charge on any atom is 0.306 e. The van der Waals surface area contributed by atoms with Gasteiger partial charge in [-0.1, -0.05) is 162 Å².